The monoisotopic (exact) mass is 488 g/mol. The SMILES string of the molecule is COC(=O)C1CCN(C(=O)COC(=O)c2ccccc2C(=O)c2ccc(Cl)c([N+](=O)[O-])c2)CC1. The summed E-state index contributed by atoms with van der Waals surface area (Å²) in [6.07, 6.45) is 0.911. The normalized spacial score (nSPS) is 13.8. The van der Waals surface area contributed by atoms with Gasteiger partial charge in [0.05, 0.1) is 23.5 Å². The zero-order valence-electron chi connectivity index (χ0n) is 18.2. The van der Waals surface area contributed by atoms with Crippen molar-refractivity contribution in [3.05, 3.63) is 74.3 Å². The van der Waals surface area contributed by atoms with E-state index in [1.54, 1.807) is 0 Å². The summed E-state index contributed by atoms with van der Waals surface area (Å²) in [5, 5.41) is 11.0. The maximum absolute atomic E-state index is 13.0. The van der Waals surface area contributed by atoms with Crippen LogP contribution in [0.5, 0.6) is 0 Å². The molecule has 0 atom stereocenters. The van der Waals surface area contributed by atoms with Gasteiger partial charge < -0.3 is 14.4 Å². The largest absolute Gasteiger partial charge is 0.469 e. The third-order valence-electron chi connectivity index (χ3n) is 5.51. The van der Waals surface area contributed by atoms with Crippen molar-refractivity contribution in [3.8, 4) is 0 Å². The number of ether oxygens (including phenoxy) is 2. The van der Waals surface area contributed by atoms with Crippen molar-refractivity contribution in [2.75, 3.05) is 26.8 Å². The van der Waals surface area contributed by atoms with Crippen molar-refractivity contribution in [2.45, 2.75) is 12.8 Å². The minimum atomic E-state index is -0.884. The summed E-state index contributed by atoms with van der Waals surface area (Å²) in [6.45, 7) is 0.137. The first-order valence-corrected chi connectivity index (χ1v) is 10.7. The van der Waals surface area contributed by atoms with Crippen molar-refractivity contribution >= 4 is 40.9 Å². The molecule has 11 heteroatoms. The van der Waals surface area contributed by atoms with E-state index < -0.39 is 34.9 Å². The highest BCUT2D eigenvalue weighted by Crippen LogP contribution is 2.27. The summed E-state index contributed by atoms with van der Waals surface area (Å²) in [4.78, 5) is 61.6. The van der Waals surface area contributed by atoms with Crippen LogP contribution in [0.1, 0.15) is 39.1 Å². The van der Waals surface area contributed by atoms with E-state index in [1.807, 2.05) is 0 Å². The van der Waals surface area contributed by atoms with Crippen LogP contribution in [0.15, 0.2) is 42.5 Å². The summed E-state index contributed by atoms with van der Waals surface area (Å²) in [6, 6.07) is 9.40. The molecule has 178 valence electrons. The number of nitro groups is 1. The highest BCUT2D eigenvalue weighted by atomic mass is 35.5. The van der Waals surface area contributed by atoms with Gasteiger partial charge in [-0.15, -0.1) is 0 Å². The summed E-state index contributed by atoms with van der Waals surface area (Å²) in [7, 11) is 1.32. The molecule has 0 unspecified atom stereocenters. The Labute approximate surface area is 199 Å². The molecule has 10 nitrogen and oxygen atoms in total. The van der Waals surface area contributed by atoms with E-state index in [9.17, 15) is 29.3 Å². The second-order valence-electron chi connectivity index (χ2n) is 7.55. The predicted octanol–water partition coefficient (Wildman–Crippen LogP) is 3.05. The Bertz CT molecular complexity index is 1140. The molecule has 0 spiro atoms. The Morgan fingerprint density at radius 3 is 2.35 bits per heavy atom. The van der Waals surface area contributed by atoms with Gasteiger partial charge in [0, 0.05) is 30.3 Å². The van der Waals surface area contributed by atoms with E-state index in [0.717, 1.165) is 6.07 Å². The first-order chi connectivity index (χ1) is 16.2. The number of halogens is 1. The molecule has 0 aromatic heterocycles. The Morgan fingerprint density at radius 1 is 1.09 bits per heavy atom. The highest BCUT2D eigenvalue weighted by Gasteiger charge is 2.29. The fourth-order valence-corrected chi connectivity index (χ4v) is 3.82. The molecule has 1 aliphatic heterocycles. The zero-order valence-corrected chi connectivity index (χ0v) is 18.9. The van der Waals surface area contributed by atoms with Crippen LogP contribution < -0.4 is 0 Å². The van der Waals surface area contributed by atoms with E-state index in [-0.39, 0.29) is 33.6 Å². The van der Waals surface area contributed by atoms with Crippen molar-refractivity contribution in [1.29, 1.82) is 0 Å². The van der Waals surface area contributed by atoms with E-state index >= 15 is 0 Å². The smallest absolute Gasteiger partial charge is 0.339 e. The summed E-state index contributed by atoms with van der Waals surface area (Å²) < 4.78 is 9.86. The Balaban J connectivity index is 1.68. The van der Waals surface area contributed by atoms with Gasteiger partial charge in [-0.05, 0) is 31.0 Å². The van der Waals surface area contributed by atoms with E-state index in [1.165, 1.54) is 48.4 Å². The molecule has 1 heterocycles. The highest BCUT2D eigenvalue weighted by molar-refractivity contribution is 6.33. The van der Waals surface area contributed by atoms with E-state index in [4.69, 9.17) is 21.1 Å². The number of hydrogen-bond donors (Lipinski definition) is 0. The van der Waals surface area contributed by atoms with Crippen LogP contribution in [0, 0.1) is 16.0 Å². The van der Waals surface area contributed by atoms with Gasteiger partial charge in [0.2, 0.25) is 0 Å². The molecule has 1 fully saturated rings. The third kappa shape index (κ3) is 5.57. The molecule has 1 amide bonds. The quantitative estimate of drug-likeness (QED) is 0.251. The van der Waals surface area contributed by atoms with Crippen LogP contribution in [0.3, 0.4) is 0 Å². The lowest BCUT2D eigenvalue weighted by molar-refractivity contribution is -0.384. The van der Waals surface area contributed by atoms with E-state index in [2.05, 4.69) is 0 Å². The van der Waals surface area contributed by atoms with Gasteiger partial charge in [-0.2, -0.15) is 0 Å². The maximum atomic E-state index is 13.0. The minimum Gasteiger partial charge on any atom is -0.469 e. The first kappa shape index (κ1) is 24.8. The van der Waals surface area contributed by atoms with Crippen molar-refractivity contribution in [2.24, 2.45) is 5.92 Å². The third-order valence-corrected chi connectivity index (χ3v) is 5.83. The number of rotatable bonds is 7. The lowest BCUT2D eigenvalue weighted by atomic mass is 9.97. The molecule has 0 N–H and O–H groups in total. The molecule has 2 aromatic rings. The molecule has 0 bridgehead atoms. The Kier molecular flexibility index (Phi) is 7.95. The predicted molar refractivity (Wildman–Crippen MR) is 120 cm³/mol. The van der Waals surface area contributed by atoms with Crippen LogP contribution in [-0.4, -0.2) is 60.3 Å². The number of amides is 1. The van der Waals surface area contributed by atoms with Gasteiger partial charge in [0.1, 0.15) is 5.02 Å². The summed E-state index contributed by atoms with van der Waals surface area (Å²) in [5.41, 5.74) is -0.576. The second-order valence-corrected chi connectivity index (χ2v) is 7.96. The standard InChI is InChI=1S/C23H21ClN2O8/c1-33-22(29)14-8-10-25(11-9-14)20(27)13-34-23(30)17-5-3-2-4-16(17)21(28)15-6-7-18(24)19(12-15)26(31)32/h2-7,12,14H,8-11,13H2,1H3. The Morgan fingerprint density at radius 2 is 1.74 bits per heavy atom. The van der Waals surface area contributed by atoms with Crippen LogP contribution in [-0.2, 0) is 19.1 Å². The summed E-state index contributed by atoms with van der Waals surface area (Å²) >= 11 is 5.80. The first-order valence-electron chi connectivity index (χ1n) is 10.3. The van der Waals surface area contributed by atoms with Crippen LogP contribution in [0.25, 0.3) is 0 Å². The number of likely N-dealkylation sites (tertiary alicyclic amines) is 1. The van der Waals surface area contributed by atoms with Gasteiger partial charge in [-0.25, -0.2) is 4.79 Å². The number of nitrogens with zero attached hydrogens (tertiary/aromatic N) is 2. The number of ketones is 1. The number of methoxy groups -OCH3 is 1. The molecule has 34 heavy (non-hydrogen) atoms. The topological polar surface area (TPSA) is 133 Å². The second kappa shape index (κ2) is 10.9. The number of carbonyl (C=O) groups is 4. The number of nitro benzene ring substituents is 1. The van der Waals surface area contributed by atoms with Crippen molar-refractivity contribution < 1.29 is 33.6 Å². The van der Waals surface area contributed by atoms with Crippen LogP contribution in [0.4, 0.5) is 5.69 Å². The number of piperidine rings is 1. The van der Waals surface area contributed by atoms with Gasteiger partial charge in [0.15, 0.2) is 12.4 Å². The van der Waals surface area contributed by atoms with Crippen molar-refractivity contribution in [3.63, 3.8) is 0 Å². The van der Waals surface area contributed by atoms with Gasteiger partial charge in [-0.3, -0.25) is 24.5 Å². The molecular weight excluding hydrogens is 468 g/mol. The number of hydrogen-bond acceptors (Lipinski definition) is 8. The fourth-order valence-electron chi connectivity index (χ4n) is 3.64. The number of carbonyl (C=O) groups excluding carboxylic acids is 4. The van der Waals surface area contributed by atoms with E-state index in [0.29, 0.717) is 25.9 Å². The zero-order chi connectivity index (χ0) is 24.8. The van der Waals surface area contributed by atoms with Crippen molar-refractivity contribution in [1.82, 2.24) is 4.90 Å². The fraction of sp³-hybridized carbons (Fsp3) is 0.304. The average molecular weight is 489 g/mol. The van der Waals surface area contributed by atoms with Gasteiger partial charge in [-0.1, -0.05) is 29.8 Å². The lowest BCUT2D eigenvalue weighted by Crippen LogP contribution is -2.42. The molecule has 1 saturated heterocycles. The molecular formula is C23H21ClN2O8. The lowest BCUT2D eigenvalue weighted by Gasteiger charge is -2.30. The van der Waals surface area contributed by atoms with Crippen LogP contribution in [0.2, 0.25) is 5.02 Å². The van der Waals surface area contributed by atoms with Crippen LogP contribution >= 0.6 is 11.6 Å². The summed E-state index contributed by atoms with van der Waals surface area (Å²) in [5.74, 6) is -2.52. The maximum Gasteiger partial charge on any atom is 0.339 e. The molecule has 0 radical (unpaired) electrons. The number of esters is 2. The molecule has 0 saturated carbocycles. The molecule has 1 aliphatic rings. The molecule has 3 rings (SSSR count). The average Bonchev–Trinajstić information content (AvgIpc) is 2.86. The molecule has 2 aromatic carbocycles. The molecule has 0 aliphatic carbocycles. The van der Waals surface area contributed by atoms with Gasteiger partial charge in [0.25, 0.3) is 11.6 Å². The Hall–Kier alpha value is -3.79. The van der Waals surface area contributed by atoms with Gasteiger partial charge >= 0.3 is 11.9 Å². The number of benzene rings is 2. The minimum absolute atomic E-state index is 0.0269.